The van der Waals surface area contributed by atoms with Crippen LogP contribution in [0.4, 0.5) is 8.78 Å². The lowest BCUT2D eigenvalue weighted by atomic mass is 10.0. The van der Waals surface area contributed by atoms with E-state index in [2.05, 4.69) is 5.32 Å². The lowest BCUT2D eigenvalue weighted by Crippen LogP contribution is -2.39. The number of fused-ring (bicyclic) bond motifs is 3. The topological polar surface area (TPSA) is 17.0 Å². The third-order valence-corrected chi connectivity index (χ3v) is 4.67. The Labute approximate surface area is 143 Å². The van der Waals surface area contributed by atoms with Gasteiger partial charge in [0, 0.05) is 33.4 Å². The van der Waals surface area contributed by atoms with Crippen LogP contribution in [0.3, 0.4) is 0 Å². The van der Waals surface area contributed by atoms with Crippen molar-refractivity contribution in [3.05, 3.63) is 47.2 Å². The van der Waals surface area contributed by atoms with E-state index in [4.69, 9.17) is 11.6 Å². The molecule has 1 fully saturated rings. The molecule has 2 aromatic carbocycles. The first-order valence-electron chi connectivity index (χ1n) is 7.38. The van der Waals surface area contributed by atoms with Crippen molar-refractivity contribution in [2.45, 2.75) is 18.6 Å². The van der Waals surface area contributed by atoms with E-state index in [-0.39, 0.29) is 24.3 Å². The number of aromatic nitrogens is 1. The van der Waals surface area contributed by atoms with Crippen LogP contribution >= 0.6 is 24.0 Å². The van der Waals surface area contributed by atoms with Crippen LogP contribution in [0.2, 0.25) is 5.02 Å². The molecule has 3 aromatic rings. The average molecular weight is 357 g/mol. The molecule has 122 valence electrons. The molecule has 1 aliphatic heterocycles. The van der Waals surface area contributed by atoms with Crippen LogP contribution in [0.5, 0.6) is 0 Å². The number of alkyl halides is 1. The standard InChI is InChI=1S/C17H15ClF2N2.ClH/c18-10-1-3-15-12(7-10)13-8-11(19)2-4-16(13)22(15)17-5-6-21-9-14(17)20;/h1-4,7-8,14,17,21H,5-6,9H2;1H/t14-,17-;/m1./s1. The molecule has 2 atom stereocenters. The molecule has 2 heterocycles. The Balaban J connectivity index is 0.00000156. The second-order valence-corrected chi connectivity index (χ2v) is 6.21. The molecule has 1 N–H and O–H groups in total. The molecule has 0 radical (unpaired) electrons. The van der Waals surface area contributed by atoms with Gasteiger partial charge in [0.25, 0.3) is 0 Å². The molecule has 4 rings (SSSR count). The second kappa shape index (κ2) is 6.27. The number of piperidine rings is 1. The van der Waals surface area contributed by atoms with Crippen LogP contribution in [-0.2, 0) is 0 Å². The van der Waals surface area contributed by atoms with E-state index in [0.717, 1.165) is 28.4 Å². The highest BCUT2D eigenvalue weighted by Gasteiger charge is 2.28. The number of rotatable bonds is 1. The van der Waals surface area contributed by atoms with Crippen molar-refractivity contribution in [1.82, 2.24) is 9.88 Å². The number of hydrogen-bond acceptors (Lipinski definition) is 1. The fraction of sp³-hybridized carbons (Fsp3) is 0.294. The van der Waals surface area contributed by atoms with Gasteiger partial charge in [0.15, 0.2) is 0 Å². The van der Waals surface area contributed by atoms with Gasteiger partial charge >= 0.3 is 0 Å². The maximum Gasteiger partial charge on any atom is 0.133 e. The summed E-state index contributed by atoms with van der Waals surface area (Å²) >= 11 is 6.10. The Hall–Kier alpha value is -1.36. The van der Waals surface area contributed by atoms with Gasteiger partial charge in [-0.1, -0.05) is 11.6 Å². The number of hydrogen-bond donors (Lipinski definition) is 1. The lowest BCUT2D eigenvalue weighted by molar-refractivity contribution is 0.190. The highest BCUT2D eigenvalue weighted by molar-refractivity contribution is 6.31. The van der Waals surface area contributed by atoms with E-state index in [1.807, 2.05) is 16.7 Å². The minimum Gasteiger partial charge on any atom is -0.334 e. The zero-order chi connectivity index (χ0) is 15.3. The summed E-state index contributed by atoms with van der Waals surface area (Å²) in [6.45, 7) is 1.13. The van der Waals surface area contributed by atoms with Crippen LogP contribution in [-0.4, -0.2) is 23.8 Å². The van der Waals surface area contributed by atoms with Gasteiger partial charge in [0.1, 0.15) is 12.0 Å². The summed E-state index contributed by atoms with van der Waals surface area (Å²) in [5.74, 6) is -0.298. The van der Waals surface area contributed by atoms with Gasteiger partial charge in [0.05, 0.1) is 6.04 Å². The summed E-state index contributed by atoms with van der Waals surface area (Å²) in [6.07, 6.45) is -0.256. The first kappa shape index (κ1) is 16.5. The van der Waals surface area contributed by atoms with E-state index < -0.39 is 6.17 Å². The molecule has 0 unspecified atom stereocenters. The number of benzene rings is 2. The van der Waals surface area contributed by atoms with Gasteiger partial charge in [-0.15, -0.1) is 12.4 Å². The predicted octanol–water partition coefficient (Wildman–Crippen LogP) is 4.88. The summed E-state index contributed by atoms with van der Waals surface area (Å²) in [4.78, 5) is 0. The molecule has 0 saturated carbocycles. The summed E-state index contributed by atoms with van der Waals surface area (Å²) in [5, 5.41) is 5.32. The molecule has 1 saturated heterocycles. The van der Waals surface area contributed by atoms with Crippen molar-refractivity contribution in [1.29, 1.82) is 0 Å². The van der Waals surface area contributed by atoms with Crippen molar-refractivity contribution in [3.63, 3.8) is 0 Å². The van der Waals surface area contributed by atoms with Gasteiger partial charge in [-0.25, -0.2) is 8.78 Å². The first-order valence-corrected chi connectivity index (χ1v) is 7.76. The highest BCUT2D eigenvalue weighted by atomic mass is 35.5. The Kier molecular flexibility index (Phi) is 4.50. The number of nitrogens with one attached hydrogen (secondary N) is 1. The Morgan fingerprint density at radius 1 is 1.09 bits per heavy atom. The summed E-state index contributed by atoms with van der Waals surface area (Å²) in [6, 6.07) is 9.92. The van der Waals surface area contributed by atoms with E-state index in [9.17, 15) is 8.78 Å². The van der Waals surface area contributed by atoms with E-state index in [1.54, 1.807) is 12.1 Å². The first-order chi connectivity index (χ1) is 10.6. The van der Waals surface area contributed by atoms with Crippen molar-refractivity contribution < 1.29 is 8.78 Å². The van der Waals surface area contributed by atoms with Crippen LogP contribution < -0.4 is 5.32 Å². The zero-order valence-electron chi connectivity index (χ0n) is 12.2. The van der Waals surface area contributed by atoms with Crippen molar-refractivity contribution in [2.75, 3.05) is 13.1 Å². The average Bonchev–Trinajstić information content (AvgIpc) is 2.81. The van der Waals surface area contributed by atoms with Crippen LogP contribution in [0.25, 0.3) is 21.8 Å². The number of nitrogens with zero attached hydrogens (tertiary/aromatic N) is 1. The van der Waals surface area contributed by atoms with Gasteiger partial charge in [-0.3, -0.25) is 0 Å². The maximum atomic E-state index is 14.4. The fourth-order valence-electron chi connectivity index (χ4n) is 3.45. The van der Waals surface area contributed by atoms with E-state index in [1.165, 1.54) is 12.1 Å². The zero-order valence-corrected chi connectivity index (χ0v) is 13.8. The molecule has 0 bridgehead atoms. The van der Waals surface area contributed by atoms with Crippen LogP contribution in [0.1, 0.15) is 12.5 Å². The molecule has 6 heteroatoms. The van der Waals surface area contributed by atoms with Crippen molar-refractivity contribution in [3.8, 4) is 0 Å². The number of halogens is 4. The molecule has 23 heavy (non-hydrogen) atoms. The van der Waals surface area contributed by atoms with E-state index >= 15 is 0 Å². The Bertz CT molecular complexity index is 803. The quantitative estimate of drug-likeness (QED) is 0.657. The highest BCUT2D eigenvalue weighted by Crippen LogP contribution is 2.36. The summed E-state index contributed by atoms with van der Waals surface area (Å²) in [7, 11) is 0. The largest absolute Gasteiger partial charge is 0.334 e. The van der Waals surface area contributed by atoms with E-state index in [0.29, 0.717) is 18.0 Å². The molecule has 1 aromatic heterocycles. The summed E-state index contributed by atoms with van der Waals surface area (Å²) < 4.78 is 30.1. The monoisotopic (exact) mass is 356 g/mol. The molecule has 1 aliphatic rings. The minimum absolute atomic E-state index is 0. The smallest absolute Gasteiger partial charge is 0.133 e. The molecular formula is C17H16Cl2F2N2. The Morgan fingerprint density at radius 3 is 2.52 bits per heavy atom. The third-order valence-electron chi connectivity index (χ3n) is 4.43. The fourth-order valence-corrected chi connectivity index (χ4v) is 3.62. The van der Waals surface area contributed by atoms with Gasteiger partial charge in [-0.05, 0) is 49.4 Å². The normalized spacial score (nSPS) is 21.5. The molecule has 2 nitrogen and oxygen atoms in total. The van der Waals surface area contributed by atoms with Gasteiger partial charge < -0.3 is 9.88 Å². The van der Waals surface area contributed by atoms with Crippen LogP contribution in [0.15, 0.2) is 36.4 Å². The maximum absolute atomic E-state index is 14.4. The van der Waals surface area contributed by atoms with Gasteiger partial charge in [-0.2, -0.15) is 0 Å². The Morgan fingerprint density at radius 2 is 1.78 bits per heavy atom. The minimum atomic E-state index is -0.965. The third kappa shape index (κ3) is 2.69. The van der Waals surface area contributed by atoms with Gasteiger partial charge in [0.2, 0.25) is 0 Å². The second-order valence-electron chi connectivity index (χ2n) is 5.77. The summed E-state index contributed by atoms with van der Waals surface area (Å²) in [5.41, 5.74) is 1.76. The predicted molar refractivity (Wildman–Crippen MR) is 93.1 cm³/mol. The lowest BCUT2D eigenvalue weighted by Gasteiger charge is -2.29. The molecule has 0 amide bonds. The molecule has 0 aliphatic carbocycles. The van der Waals surface area contributed by atoms with Crippen molar-refractivity contribution in [2.24, 2.45) is 0 Å². The van der Waals surface area contributed by atoms with Crippen LogP contribution in [0, 0.1) is 5.82 Å². The van der Waals surface area contributed by atoms with Crippen molar-refractivity contribution >= 4 is 45.8 Å². The SMILES string of the molecule is Cl.Fc1ccc2c(c1)c1cc(Cl)ccc1n2[C@@H]1CCNC[C@H]1F. The molecular weight excluding hydrogens is 341 g/mol. The molecule has 0 spiro atoms.